The first kappa shape index (κ1) is 13.2. The molecule has 5 nitrogen and oxygen atoms in total. The molecular formula is C11H13ClN2O3S. The van der Waals surface area contributed by atoms with Crippen molar-refractivity contribution in [3.63, 3.8) is 0 Å². The van der Waals surface area contributed by atoms with Crippen LogP contribution in [0, 0.1) is 5.92 Å². The van der Waals surface area contributed by atoms with E-state index in [1.807, 2.05) is 0 Å². The second-order valence-corrected chi connectivity index (χ2v) is 5.91. The van der Waals surface area contributed by atoms with Gasteiger partial charge < -0.3 is 15.3 Å². The van der Waals surface area contributed by atoms with Gasteiger partial charge in [0.15, 0.2) is 0 Å². The number of hydrogen-bond donors (Lipinski definition) is 2. The molecule has 18 heavy (non-hydrogen) atoms. The average molecular weight is 289 g/mol. The summed E-state index contributed by atoms with van der Waals surface area (Å²) in [7, 11) is 0. The van der Waals surface area contributed by atoms with Gasteiger partial charge in [-0.05, 0) is 24.5 Å². The Morgan fingerprint density at radius 2 is 2.33 bits per heavy atom. The van der Waals surface area contributed by atoms with Crippen molar-refractivity contribution < 1.29 is 14.7 Å². The molecule has 1 fully saturated rings. The fraction of sp³-hybridized carbons (Fsp3) is 0.455. The molecule has 0 aliphatic carbocycles. The Balaban J connectivity index is 1.79. The third-order valence-corrected chi connectivity index (χ3v) is 4.13. The Morgan fingerprint density at radius 1 is 1.56 bits per heavy atom. The van der Waals surface area contributed by atoms with E-state index in [0.29, 0.717) is 28.8 Å². The fourth-order valence-electron chi connectivity index (χ4n) is 1.93. The van der Waals surface area contributed by atoms with Gasteiger partial charge in [-0.2, -0.15) is 0 Å². The molecular weight excluding hydrogens is 276 g/mol. The van der Waals surface area contributed by atoms with E-state index in [0.717, 1.165) is 6.42 Å². The standard InChI is InChI=1S/C11H13ClN2O3S/c12-9-2-1-8(18-9)10(15)13-5-7-3-4-14(6-7)11(16)17/h1-2,7H,3-6H2,(H,13,15)(H,16,17)/t7-/m1/s1. The number of carbonyl (C=O) groups excluding carboxylic acids is 1. The van der Waals surface area contributed by atoms with Crippen molar-refractivity contribution in [2.45, 2.75) is 6.42 Å². The molecule has 0 aromatic carbocycles. The van der Waals surface area contributed by atoms with Crippen LogP contribution in [0.25, 0.3) is 0 Å². The third-order valence-electron chi connectivity index (χ3n) is 2.90. The van der Waals surface area contributed by atoms with Gasteiger partial charge in [0.25, 0.3) is 5.91 Å². The number of nitrogens with one attached hydrogen (secondary N) is 1. The zero-order valence-electron chi connectivity index (χ0n) is 9.56. The Morgan fingerprint density at radius 3 is 2.89 bits per heavy atom. The van der Waals surface area contributed by atoms with Gasteiger partial charge in [-0.3, -0.25) is 4.79 Å². The normalized spacial score (nSPS) is 18.9. The van der Waals surface area contributed by atoms with Crippen LogP contribution in [0.3, 0.4) is 0 Å². The van der Waals surface area contributed by atoms with Crippen molar-refractivity contribution >= 4 is 34.9 Å². The molecule has 2 N–H and O–H groups in total. The summed E-state index contributed by atoms with van der Waals surface area (Å²) in [5.74, 6) is 0.0427. The van der Waals surface area contributed by atoms with E-state index >= 15 is 0 Å². The van der Waals surface area contributed by atoms with Crippen molar-refractivity contribution in [2.75, 3.05) is 19.6 Å². The Kier molecular flexibility index (Phi) is 4.08. The summed E-state index contributed by atoms with van der Waals surface area (Å²) in [5, 5.41) is 11.6. The number of hydrogen-bond acceptors (Lipinski definition) is 3. The highest BCUT2D eigenvalue weighted by Gasteiger charge is 2.26. The molecule has 1 saturated heterocycles. The van der Waals surface area contributed by atoms with Crippen molar-refractivity contribution in [3.05, 3.63) is 21.3 Å². The highest BCUT2D eigenvalue weighted by molar-refractivity contribution is 7.17. The molecule has 0 unspecified atom stereocenters. The van der Waals surface area contributed by atoms with Crippen LogP contribution in [0.4, 0.5) is 4.79 Å². The van der Waals surface area contributed by atoms with Crippen molar-refractivity contribution in [3.8, 4) is 0 Å². The maximum atomic E-state index is 11.7. The van der Waals surface area contributed by atoms with E-state index in [2.05, 4.69) is 5.32 Å². The molecule has 1 aromatic heterocycles. The van der Waals surface area contributed by atoms with E-state index in [9.17, 15) is 9.59 Å². The summed E-state index contributed by atoms with van der Waals surface area (Å²) in [5.41, 5.74) is 0. The molecule has 98 valence electrons. The topological polar surface area (TPSA) is 69.6 Å². The van der Waals surface area contributed by atoms with Crippen LogP contribution in [0.1, 0.15) is 16.1 Å². The van der Waals surface area contributed by atoms with Gasteiger partial charge in [0, 0.05) is 19.6 Å². The summed E-state index contributed by atoms with van der Waals surface area (Å²) >= 11 is 6.98. The number of halogens is 1. The Labute approximate surface area is 113 Å². The summed E-state index contributed by atoms with van der Waals surface area (Å²) in [6.07, 6.45) is -0.105. The average Bonchev–Trinajstić information content (AvgIpc) is 2.94. The smallest absolute Gasteiger partial charge is 0.407 e. The zero-order valence-corrected chi connectivity index (χ0v) is 11.1. The lowest BCUT2D eigenvalue weighted by atomic mass is 10.1. The lowest BCUT2D eigenvalue weighted by molar-refractivity contribution is 0.0951. The summed E-state index contributed by atoms with van der Waals surface area (Å²) in [6, 6.07) is 3.36. The molecule has 1 aliphatic heterocycles. The van der Waals surface area contributed by atoms with Crippen LogP contribution in [0.2, 0.25) is 4.34 Å². The second kappa shape index (κ2) is 5.58. The van der Waals surface area contributed by atoms with Gasteiger partial charge in [0.2, 0.25) is 0 Å². The molecule has 0 spiro atoms. The number of likely N-dealkylation sites (tertiary alicyclic amines) is 1. The van der Waals surface area contributed by atoms with Gasteiger partial charge in [0.1, 0.15) is 0 Å². The SMILES string of the molecule is O=C(NC[C@H]1CCN(C(=O)O)C1)c1ccc(Cl)s1. The molecule has 0 bridgehead atoms. The van der Waals surface area contributed by atoms with Gasteiger partial charge in [-0.15, -0.1) is 11.3 Å². The van der Waals surface area contributed by atoms with E-state index in [1.165, 1.54) is 16.2 Å². The first-order valence-corrected chi connectivity index (χ1v) is 6.77. The zero-order chi connectivity index (χ0) is 13.1. The second-order valence-electron chi connectivity index (χ2n) is 4.20. The monoisotopic (exact) mass is 288 g/mol. The minimum absolute atomic E-state index is 0.152. The number of carbonyl (C=O) groups is 2. The Bertz CT molecular complexity index is 463. The predicted octanol–water partition coefficient (Wildman–Crippen LogP) is 2.13. The first-order chi connectivity index (χ1) is 8.56. The van der Waals surface area contributed by atoms with Gasteiger partial charge in [-0.25, -0.2) is 4.79 Å². The summed E-state index contributed by atoms with van der Waals surface area (Å²) < 4.78 is 0.582. The van der Waals surface area contributed by atoms with E-state index in [4.69, 9.17) is 16.7 Å². The molecule has 2 rings (SSSR count). The lowest BCUT2D eigenvalue weighted by Crippen LogP contribution is -2.32. The molecule has 2 amide bonds. The molecule has 7 heteroatoms. The first-order valence-electron chi connectivity index (χ1n) is 5.57. The van der Waals surface area contributed by atoms with Crippen LogP contribution in [-0.2, 0) is 0 Å². The number of carboxylic acid groups (broad SMARTS) is 1. The maximum absolute atomic E-state index is 11.7. The van der Waals surface area contributed by atoms with E-state index in [-0.39, 0.29) is 11.8 Å². The van der Waals surface area contributed by atoms with Crippen LogP contribution in [0.15, 0.2) is 12.1 Å². The van der Waals surface area contributed by atoms with Crippen LogP contribution in [0.5, 0.6) is 0 Å². The van der Waals surface area contributed by atoms with Crippen molar-refractivity contribution in [1.29, 1.82) is 0 Å². The quantitative estimate of drug-likeness (QED) is 0.895. The maximum Gasteiger partial charge on any atom is 0.407 e. The van der Waals surface area contributed by atoms with Crippen LogP contribution < -0.4 is 5.32 Å². The minimum Gasteiger partial charge on any atom is -0.465 e. The number of thiophene rings is 1. The third kappa shape index (κ3) is 3.14. The largest absolute Gasteiger partial charge is 0.465 e. The lowest BCUT2D eigenvalue weighted by Gasteiger charge is -2.12. The van der Waals surface area contributed by atoms with Crippen molar-refractivity contribution in [1.82, 2.24) is 10.2 Å². The van der Waals surface area contributed by atoms with Gasteiger partial charge in [-0.1, -0.05) is 11.6 Å². The molecule has 1 atom stereocenters. The highest BCUT2D eigenvalue weighted by atomic mass is 35.5. The van der Waals surface area contributed by atoms with E-state index < -0.39 is 6.09 Å². The Hall–Kier alpha value is -1.27. The molecule has 2 heterocycles. The summed E-state index contributed by atoms with van der Waals surface area (Å²) in [4.78, 5) is 24.4. The molecule has 0 saturated carbocycles. The van der Waals surface area contributed by atoms with Crippen molar-refractivity contribution in [2.24, 2.45) is 5.92 Å². The fourth-order valence-corrected chi connectivity index (χ4v) is 2.89. The summed E-state index contributed by atoms with van der Waals surface area (Å²) in [6.45, 7) is 1.53. The number of nitrogens with zero attached hydrogens (tertiary/aromatic N) is 1. The predicted molar refractivity (Wildman–Crippen MR) is 69.4 cm³/mol. The number of rotatable bonds is 3. The highest BCUT2D eigenvalue weighted by Crippen LogP contribution is 2.21. The molecule has 1 aliphatic rings. The minimum atomic E-state index is -0.895. The van der Waals surface area contributed by atoms with Gasteiger partial charge >= 0.3 is 6.09 Å². The van der Waals surface area contributed by atoms with Gasteiger partial charge in [0.05, 0.1) is 9.21 Å². The van der Waals surface area contributed by atoms with Crippen LogP contribution in [-0.4, -0.2) is 41.6 Å². The molecule has 1 aromatic rings. The number of amides is 2. The molecule has 0 radical (unpaired) electrons. The van der Waals surface area contributed by atoms with E-state index in [1.54, 1.807) is 12.1 Å². The van der Waals surface area contributed by atoms with Crippen LogP contribution >= 0.6 is 22.9 Å².